The minimum atomic E-state index is -0.231. The molecule has 0 aliphatic heterocycles. The van der Waals surface area contributed by atoms with Crippen LogP contribution in [0.1, 0.15) is 16.7 Å². The Kier molecular flexibility index (Phi) is 7.22. The third-order valence-electron chi connectivity index (χ3n) is 4.84. The number of carbonyl (C=O) groups is 1. The molecule has 1 amide bonds. The van der Waals surface area contributed by atoms with Crippen molar-refractivity contribution in [2.45, 2.75) is 19.0 Å². The molecule has 0 saturated heterocycles. The molecule has 4 rings (SSSR count). The van der Waals surface area contributed by atoms with Crippen molar-refractivity contribution in [2.24, 2.45) is 5.10 Å². The molecule has 0 saturated carbocycles. The Balaban J connectivity index is 1.51. The quantitative estimate of drug-likeness (QED) is 0.219. The number of hydrogen-bond acceptors (Lipinski definition) is 5. The van der Waals surface area contributed by atoms with Gasteiger partial charge in [-0.1, -0.05) is 83.0 Å². The first-order valence-electron chi connectivity index (χ1n) is 10.3. The van der Waals surface area contributed by atoms with Gasteiger partial charge >= 0.3 is 0 Å². The van der Waals surface area contributed by atoms with Gasteiger partial charge in [-0.25, -0.2) is 5.43 Å². The summed E-state index contributed by atoms with van der Waals surface area (Å²) in [6.07, 6.45) is 1.62. The molecule has 0 radical (unpaired) electrons. The normalized spacial score (nSPS) is 11.1. The van der Waals surface area contributed by atoms with Crippen LogP contribution in [0.3, 0.4) is 0 Å². The van der Waals surface area contributed by atoms with Crippen molar-refractivity contribution in [3.63, 3.8) is 0 Å². The molecular weight excluding hydrogens is 454 g/mol. The molecule has 166 valence electrons. The second-order valence-electron chi connectivity index (χ2n) is 7.48. The lowest BCUT2D eigenvalue weighted by Crippen LogP contribution is -2.20. The number of thioether (sulfide) groups is 1. The van der Waals surface area contributed by atoms with Crippen molar-refractivity contribution >= 4 is 35.5 Å². The van der Waals surface area contributed by atoms with E-state index in [0.717, 1.165) is 22.4 Å². The summed E-state index contributed by atoms with van der Waals surface area (Å²) >= 11 is 7.37. The summed E-state index contributed by atoms with van der Waals surface area (Å²) in [6.45, 7) is 4.06. The number of nitrogens with one attached hydrogen (secondary N) is 1. The molecule has 0 atom stereocenters. The lowest BCUT2D eigenvalue weighted by atomic mass is 10.1. The fraction of sp³-hybridized carbons (Fsp3) is 0.120. The van der Waals surface area contributed by atoms with Crippen LogP contribution >= 0.6 is 23.4 Å². The molecule has 0 unspecified atom stereocenters. The van der Waals surface area contributed by atoms with Crippen molar-refractivity contribution in [3.05, 3.63) is 94.5 Å². The Labute approximate surface area is 201 Å². The number of nitrogens with zero attached hydrogens (tertiary/aromatic N) is 4. The zero-order valence-electron chi connectivity index (χ0n) is 18.2. The van der Waals surface area contributed by atoms with Crippen LogP contribution in [0.4, 0.5) is 0 Å². The number of hydrogen-bond donors (Lipinski definition) is 1. The standard InChI is InChI=1S/C25H22ClN5OS/c1-17-3-7-19(8-4-17)15-27-28-23(32)16-33-25-30-29-24(20-9-5-18(2)6-10-20)31(25)22-13-11-21(26)12-14-22/h3-15H,16H2,1-2H3,(H,28,32)/b27-15-. The predicted octanol–water partition coefficient (Wildman–Crippen LogP) is 5.45. The number of carbonyl (C=O) groups excluding carboxylic acids is 1. The van der Waals surface area contributed by atoms with E-state index in [0.29, 0.717) is 16.0 Å². The molecule has 1 N–H and O–H groups in total. The number of hydrazone groups is 1. The van der Waals surface area contributed by atoms with E-state index in [-0.39, 0.29) is 11.7 Å². The van der Waals surface area contributed by atoms with Gasteiger partial charge in [-0.05, 0) is 43.7 Å². The Hall–Kier alpha value is -3.42. The van der Waals surface area contributed by atoms with E-state index in [1.165, 1.54) is 17.3 Å². The molecule has 6 nitrogen and oxygen atoms in total. The fourth-order valence-corrected chi connectivity index (χ4v) is 3.94. The monoisotopic (exact) mass is 475 g/mol. The first-order chi connectivity index (χ1) is 16.0. The lowest BCUT2D eigenvalue weighted by molar-refractivity contribution is -0.118. The number of amides is 1. The van der Waals surface area contributed by atoms with Gasteiger partial charge in [-0.15, -0.1) is 10.2 Å². The van der Waals surface area contributed by atoms with Crippen molar-refractivity contribution in [1.29, 1.82) is 0 Å². The molecule has 0 aliphatic carbocycles. The Morgan fingerprint density at radius 2 is 1.61 bits per heavy atom. The van der Waals surface area contributed by atoms with Crippen LogP contribution < -0.4 is 5.43 Å². The SMILES string of the molecule is Cc1ccc(/C=N\NC(=O)CSc2nnc(-c3ccc(C)cc3)n2-c2ccc(Cl)cc2)cc1. The highest BCUT2D eigenvalue weighted by atomic mass is 35.5. The van der Waals surface area contributed by atoms with Crippen LogP contribution in [0.15, 0.2) is 83.1 Å². The molecular formula is C25H22ClN5OS. The zero-order chi connectivity index (χ0) is 23.2. The van der Waals surface area contributed by atoms with Crippen LogP contribution in [-0.4, -0.2) is 32.6 Å². The number of rotatable bonds is 7. The molecule has 0 fully saturated rings. The first kappa shape index (κ1) is 22.8. The number of halogens is 1. The van der Waals surface area contributed by atoms with Crippen molar-refractivity contribution < 1.29 is 4.79 Å². The van der Waals surface area contributed by atoms with Crippen LogP contribution in [0.25, 0.3) is 17.1 Å². The van der Waals surface area contributed by atoms with E-state index in [1.54, 1.807) is 6.21 Å². The van der Waals surface area contributed by atoms with E-state index in [4.69, 9.17) is 11.6 Å². The highest BCUT2D eigenvalue weighted by molar-refractivity contribution is 7.99. The van der Waals surface area contributed by atoms with Crippen molar-refractivity contribution in [1.82, 2.24) is 20.2 Å². The van der Waals surface area contributed by atoms with Gasteiger partial charge < -0.3 is 0 Å². The maximum atomic E-state index is 12.3. The molecule has 0 aliphatic rings. The third-order valence-corrected chi connectivity index (χ3v) is 6.02. The highest BCUT2D eigenvalue weighted by Gasteiger charge is 2.17. The summed E-state index contributed by atoms with van der Waals surface area (Å²) in [7, 11) is 0. The smallest absolute Gasteiger partial charge is 0.250 e. The Morgan fingerprint density at radius 3 is 2.27 bits per heavy atom. The fourth-order valence-electron chi connectivity index (χ4n) is 3.07. The minimum absolute atomic E-state index is 0.144. The van der Waals surface area contributed by atoms with Crippen LogP contribution in [0.5, 0.6) is 0 Å². The van der Waals surface area contributed by atoms with E-state index >= 15 is 0 Å². The van der Waals surface area contributed by atoms with Gasteiger partial charge in [-0.2, -0.15) is 5.10 Å². The third kappa shape index (κ3) is 5.88. The molecule has 33 heavy (non-hydrogen) atoms. The molecule has 1 aromatic heterocycles. The summed E-state index contributed by atoms with van der Waals surface area (Å²) in [5, 5.41) is 14.0. The summed E-state index contributed by atoms with van der Waals surface area (Å²) in [5.74, 6) is 0.605. The summed E-state index contributed by atoms with van der Waals surface area (Å²) in [5.41, 5.74) is 7.60. The molecule has 0 bridgehead atoms. The lowest BCUT2D eigenvalue weighted by Gasteiger charge is -2.10. The van der Waals surface area contributed by atoms with Gasteiger partial charge in [0.05, 0.1) is 12.0 Å². The second-order valence-corrected chi connectivity index (χ2v) is 8.86. The highest BCUT2D eigenvalue weighted by Crippen LogP contribution is 2.28. The van der Waals surface area contributed by atoms with E-state index in [9.17, 15) is 4.79 Å². The first-order valence-corrected chi connectivity index (χ1v) is 11.7. The molecule has 4 aromatic rings. The summed E-state index contributed by atoms with van der Waals surface area (Å²) in [6, 6.07) is 23.4. The zero-order valence-corrected chi connectivity index (χ0v) is 19.8. The van der Waals surface area contributed by atoms with Gasteiger partial charge in [0.15, 0.2) is 11.0 Å². The number of aromatic nitrogens is 3. The average molecular weight is 476 g/mol. The van der Waals surface area contributed by atoms with E-state index < -0.39 is 0 Å². The summed E-state index contributed by atoms with van der Waals surface area (Å²) in [4.78, 5) is 12.3. The number of benzene rings is 3. The molecule has 1 heterocycles. The average Bonchev–Trinajstić information content (AvgIpc) is 3.24. The second kappa shape index (κ2) is 10.5. The Morgan fingerprint density at radius 1 is 0.970 bits per heavy atom. The largest absolute Gasteiger partial charge is 0.272 e. The maximum Gasteiger partial charge on any atom is 0.250 e. The Bertz CT molecular complexity index is 1270. The van der Waals surface area contributed by atoms with Crippen molar-refractivity contribution in [2.75, 3.05) is 5.75 Å². The molecule has 8 heteroatoms. The van der Waals surface area contributed by atoms with Gasteiger partial charge in [-0.3, -0.25) is 9.36 Å². The van der Waals surface area contributed by atoms with E-state index in [1.807, 2.05) is 91.2 Å². The number of aryl methyl sites for hydroxylation is 2. The van der Waals surface area contributed by atoms with Crippen LogP contribution in [0, 0.1) is 13.8 Å². The van der Waals surface area contributed by atoms with Gasteiger partial charge in [0, 0.05) is 16.3 Å². The van der Waals surface area contributed by atoms with Gasteiger partial charge in [0.1, 0.15) is 0 Å². The predicted molar refractivity (Wildman–Crippen MR) is 134 cm³/mol. The summed E-state index contributed by atoms with van der Waals surface area (Å²) < 4.78 is 1.93. The van der Waals surface area contributed by atoms with Crippen molar-refractivity contribution in [3.8, 4) is 17.1 Å². The van der Waals surface area contributed by atoms with Gasteiger partial charge in [0.25, 0.3) is 5.91 Å². The van der Waals surface area contributed by atoms with E-state index in [2.05, 4.69) is 20.7 Å². The van der Waals surface area contributed by atoms with Gasteiger partial charge in [0.2, 0.25) is 0 Å². The minimum Gasteiger partial charge on any atom is -0.272 e. The maximum absolute atomic E-state index is 12.3. The topological polar surface area (TPSA) is 72.2 Å². The molecule has 0 spiro atoms. The molecule has 3 aromatic carbocycles. The van der Waals surface area contributed by atoms with Crippen LogP contribution in [-0.2, 0) is 4.79 Å². The van der Waals surface area contributed by atoms with Crippen LogP contribution in [0.2, 0.25) is 5.02 Å².